The Kier molecular flexibility index (Phi) is 11.7. The summed E-state index contributed by atoms with van der Waals surface area (Å²) < 4.78 is 45.5. The quantitative estimate of drug-likeness (QED) is 0.215. The van der Waals surface area contributed by atoms with Crippen LogP contribution in [0.5, 0.6) is 0 Å². The van der Waals surface area contributed by atoms with Gasteiger partial charge < -0.3 is 39.0 Å². The number of hydrogen-bond acceptors (Lipinski definition) is 12. The summed E-state index contributed by atoms with van der Waals surface area (Å²) in [4.78, 5) is 47.0. The Hall–Kier alpha value is -2.47. The molecule has 0 saturated heterocycles. The Bertz CT molecular complexity index is 821. The molecule has 3 N–H and O–H groups in total. The lowest BCUT2D eigenvalue weighted by molar-refractivity contribution is -0.186. The van der Waals surface area contributed by atoms with E-state index in [-0.39, 0.29) is 18.7 Å². The number of ether oxygens (including phenoxy) is 4. The smallest absolute Gasteiger partial charge is 0.395 e. The Labute approximate surface area is 198 Å². The average Bonchev–Trinajstić information content (AvgIpc) is 2.70. The highest BCUT2D eigenvalue weighted by Crippen LogP contribution is 2.58. The zero-order valence-corrected chi connectivity index (χ0v) is 21.0. The Morgan fingerprint density at radius 3 is 2.03 bits per heavy atom. The number of amides is 1. The Morgan fingerprint density at radius 2 is 1.59 bits per heavy atom. The lowest BCUT2D eigenvalue weighted by Crippen LogP contribution is -2.62. The van der Waals surface area contributed by atoms with Crippen molar-refractivity contribution in [1.29, 1.82) is 0 Å². The van der Waals surface area contributed by atoms with Crippen molar-refractivity contribution in [3.05, 3.63) is 11.6 Å². The molecular formula is C20H33N2O11P. The van der Waals surface area contributed by atoms with Gasteiger partial charge in [-0.2, -0.15) is 0 Å². The molecular weight excluding hydrogens is 475 g/mol. The van der Waals surface area contributed by atoms with Crippen molar-refractivity contribution in [1.82, 2.24) is 5.32 Å². The summed E-state index contributed by atoms with van der Waals surface area (Å²) in [6, 6.07) is -2.03. The summed E-state index contributed by atoms with van der Waals surface area (Å²) in [5, 5.41) is 2.60. The first-order valence-corrected chi connectivity index (χ1v) is 12.2. The Balaban J connectivity index is 3.57. The number of rotatable bonds is 12. The zero-order valence-electron chi connectivity index (χ0n) is 20.1. The number of hydrogen-bond donors (Lipinski definition) is 2. The van der Waals surface area contributed by atoms with E-state index < -0.39 is 68.4 Å². The topological polar surface area (TPSA) is 179 Å². The third-order valence-electron chi connectivity index (χ3n) is 4.36. The predicted octanol–water partition coefficient (Wildman–Crippen LogP) is 0.751. The van der Waals surface area contributed by atoms with Gasteiger partial charge in [0.1, 0.15) is 6.61 Å². The third-order valence-corrected chi connectivity index (χ3v) is 6.35. The fraction of sp³-hybridized carbons (Fsp3) is 0.700. The van der Waals surface area contributed by atoms with E-state index in [9.17, 15) is 23.7 Å². The van der Waals surface area contributed by atoms with Gasteiger partial charge >= 0.3 is 25.5 Å². The van der Waals surface area contributed by atoms with Gasteiger partial charge in [-0.25, -0.2) is 0 Å². The number of carbonyl (C=O) groups is 4. The SMILES string of the molecule is CCOP(=O)(OCC)C1=C[C@H](N)[C@@H](NC(C)=O)[C@H]([C@H](OC(C)=O)[C@@H](COC(C)=O)OC(C)=O)O1. The van der Waals surface area contributed by atoms with Crippen LogP contribution in [0.1, 0.15) is 41.5 Å². The van der Waals surface area contributed by atoms with Crippen LogP contribution in [0.2, 0.25) is 0 Å². The molecule has 0 bridgehead atoms. The fourth-order valence-corrected chi connectivity index (χ4v) is 4.85. The molecule has 14 heteroatoms. The highest BCUT2D eigenvalue weighted by atomic mass is 31.2. The lowest BCUT2D eigenvalue weighted by atomic mass is 9.93. The van der Waals surface area contributed by atoms with E-state index in [0.717, 1.165) is 20.8 Å². The first-order chi connectivity index (χ1) is 15.8. The van der Waals surface area contributed by atoms with Gasteiger partial charge in [0.25, 0.3) is 0 Å². The van der Waals surface area contributed by atoms with Crippen LogP contribution in [0.3, 0.4) is 0 Å². The lowest BCUT2D eigenvalue weighted by Gasteiger charge is -2.41. The molecule has 1 amide bonds. The molecule has 0 fully saturated rings. The maximum Gasteiger partial charge on any atom is 0.395 e. The van der Waals surface area contributed by atoms with Gasteiger partial charge in [-0.05, 0) is 19.9 Å². The normalized spacial score (nSPS) is 21.9. The second-order valence-electron chi connectivity index (χ2n) is 7.25. The van der Waals surface area contributed by atoms with Crippen molar-refractivity contribution >= 4 is 31.4 Å². The monoisotopic (exact) mass is 508 g/mol. The highest BCUT2D eigenvalue weighted by Gasteiger charge is 2.49. The van der Waals surface area contributed by atoms with Crippen molar-refractivity contribution in [2.24, 2.45) is 5.73 Å². The van der Waals surface area contributed by atoms with Gasteiger partial charge in [-0.3, -0.25) is 23.7 Å². The number of carbonyl (C=O) groups excluding carboxylic acids is 4. The maximum absolute atomic E-state index is 13.4. The van der Waals surface area contributed by atoms with Gasteiger partial charge in [0.05, 0.1) is 25.3 Å². The van der Waals surface area contributed by atoms with Crippen LogP contribution < -0.4 is 11.1 Å². The predicted molar refractivity (Wildman–Crippen MR) is 117 cm³/mol. The minimum atomic E-state index is -3.98. The summed E-state index contributed by atoms with van der Waals surface area (Å²) in [7, 11) is -3.98. The fourth-order valence-electron chi connectivity index (χ4n) is 3.24. The second kappa shape index (κ2) is 13.4. The molecule has 194 valence electrons. The summed E-state index contributed by atoms with van der Waals surface area (Å²) in [5.41, 5.74) is 5.99. The van der Waals surface area contributed by atoms with E-state index in [0.29, 0.717) is 0 Å². The molecule has 0 spiro atoms. The van der Waals surface area contributed by atoms with Crippen LogP contribution in [-0.2, 0) is 51.7 Å². The van der Waals surface area contributed by atoms with Gasteiger partial charge in [0.15, 0.2) is 18.3 Å². The molecule has 0 aromatic carbocycles. The van der Waals surface area contributed by atoms with E-state index >= 15 is 0 Å². The summed E-state index contributed by atoms with van der Waals surface area (Å²) in [5.74, 6) is -2.74. The molecule has 1 heterocycles. The minimum absolute atomic E-state index is 0.0168. The van der Waals surface area contributed by atoms with E-state index in [4.69, 9.17) is 33.7 Å². The summed E-state index contributed by atoms with van der Waals surface area (Å²) >= 11 is 0. The molecule has 1 rings (SSSR count). The molecule has 13 nitrogen and oxygen atoms in total. The van der Waals surface area contributed by atoms with Crippen LogP contribution in [0, 0.1) is 0 Å². The number of nitrogens with two attached hydrogens (primary N) is 1. The number of esters is 3. The molecule has 1 aliphatic heterocycles. The molecule has 0 saturated carbocycles. The molecule has 0 radical (unpaired) electrons. The molecule has 0 aromatic heterocycles. The second-order valence-corrected chi connectivity index (χ2v) is 9.20. The van der Waals surface area contributed by atoms with Gasteiger partial charge in [0, 0.05) is 27.7 Å². The van der Waals surface area contributed by atoms with Crippen molar-refractivity contribution < 1.29 is 51.7 Å². The van der Waals surface area contributed by atoms with Gasteiger partial charge in [-0.15, -0.1) is 0 Å². The van der Waals surface area contributed by atoms with Crippen molar-refractivity contribution in [2.75, 3.05) is 19.8 Å². The number of nitrogens with one attached hydrogen (secondary N) is 1. The third kappa shape index (κ3) is 8.71. The zero-order chi connectivity index (χ0) is 26.1. The average molecular weight is 508 g/mol. The van der Waals surface area contributed by atoms with Gasteiger partial charge in [0.2, 0.25) is 11.4 Å². The van der Waals surface area contributed by atoms with Crippen molar-refractivity contribution in [2.45, 2.75) is 71.9 Å². The van der Waals surface area contributed by atoms with Crippen LogP contribution >= 0.6 is 7.60 Å². The standard InChI is InChI=1S/C20H33N2O11P/c1-7-29-34(27,30-8-2)17-9-15(21)18(22-11(3)23)20(33-17)19(32-14(6)26)16(31-13(5)25)10-28-12(4)24/h9,15-16,18-20H,7-8,10,21H2,1-6H3,(H,22,23)/t15-,16+,18+,19+,20+/m0/s1. The van der Waals surface area contributed by atoms with E-state index in [1.54, 1.807) is 13.8 Å². The van der Waals surface area contributed by atoms with Crippen LogP contribution in [0.4, 0.5) is 0 Å². The molecule has 0 aromatic rings. The van der Waals surface area contributed by atoms with E-state index in [2.05, 4.69) is 5.32 Å². The largest absolute Gasteiger partial charge is 0.476 e. The molecule has 0 aliphatic carbocycles. The summed E-state index contributed by atoms with van der Waals surface area (Å²) in [6.07, 6.45) is -2.85. The van der Waals surface area contributed by atoms with E-state index in [1.807, 2.05) is 0 Å². The van der Waals surface area contributed by atoms with Crippen LogP contribution in [0.15, 0.2) is 11.6 Å². The first-order valence-electron chi connectivity index (χ1n) is 10.6. The maximum atomic E-state index is 13.4. The molecule has 1 aliphatic rings. The van der Waals surface area contributed by atoms with E-state index in [1.165, 1.54) is 13.0 Å². The van der Waals surface area contributed by atoms with Crippen LogP contribution in [-0.4, -0.2) is 74.0 Å². The molecule has 0 unspecified atom stereocenters. The Morgan fingerprint density at radius 1 is 1.03 bits per heavy atom. The van der Waals surface area contributed by atoms with Crippen molar-refractivity contribution in [3.63, 3.8) is 0 Å². The highest BCUT2D eigenvalue weighted by molar-refractivity contribution is 7.58. The summed E-state index contributed by atoms with van der Waals surface area (Å²) in [6.45, 7) is 7.32. The van der Waals surface area contributed by atoms with Crippen LogP contribution in [0.25, 0.3) is 0 Å². The minimum Gasteiger partial charge on any atom is -0.476 e. The molecule has 5 atom stereocenters. The first kappa shape index (κ1) is 29.6. The van der Waals surface area contributed by atoms with Crippen molar-refractivity contribution in [3.8, 4) is 0 Å². The van der Waals surface area contributed by atoms with Gasteiger partial charge in [-0.1, -0.05) is 0 Å². The molecule has 34 heavy (non-hydrogen) atoms.